The molecule has 0 aliphatic carbocycles. The van der Waals surface area contributed by atoms with Gasteiger partial charge in [-0.05, 0) is 70.8 Å². The molecule has 0 bridgehead atoms. The fraction of sp³-hybridized carbons (Fsp3) is 0.957. The van der Waals surface area contributed by atoms with Crippen LogP contribution in [0.25, 0.3) is 0 Å². The number of rotatable bonds is 6. The number of hydrogen-bond donors (Lipinski definition) is 0. The summed E-state index contributed by atoms with van der Waals surface area (Å²) in [6.45, 7) is 17.0. The highest BCUT2D eigenvalue weighted by atomic mass is 16.2. The molecule has 0 N–H and O–H groups in total. The summed E-state index contributed by atoms with van der Waals surface area (Å²) in [6, 6.07) is 1.00. The van der Waals surface area contributed by atoms with Gasteiger partial charge < -0.3 is 14.7 Å². The Kier molecular flexibility index (Phi) is 8.46. The lowest BCUT2D eigenvalue weighted by molar-refractivity contribution is 0.102. The number of urea groups is 1. The molecule has 0 atom stereocenters. The summed E-state index contributed by atoms with van der Waals surface area (Å²) in [4.78, 5) is 22.3. The van der Waals surface area contributed by atoms with Gasteiger partial charge in [-0.15, -0.1) is 0 Å². The van der Waals surface area contributed by atoms with Crippen molar-refractivity contribution >= 4 is 6.03 Å². The van der Waals surface area contributed by atoms with Crippen molar-refractivity contribution in [3.63, 3.8) is 0 Å². The molecule has 3 heterocycles. The molecule has 5 heteroatoms. The maximum Gasteiger partial charge on any atom is 0.319 e. The van der Waals surface area contributed by atoms with Gasteiger partial charge in [0.2, 0.25) is 0 Å². The highest BCUT2D eigenvalue weighted by Gasteiger charge is 2.28. The van der Waals surface area contributed by atoms with E-state index >= 15 is 0 Å². The molecule has 3 fully saturated rings. The fourth-order valence-corrected chi connectivity index (χ4v) is 5.25. The van der Waals surface area contributed by atoms with Crippen LogP contribution < -0.4 is 0 Å². The maximum atomic E-state index is 12.8. The summed E-state index contributed by atoms with van der Waals surface area (Å²) >= 11 is 0. The lowest BCUT2D eigenvalue weighted by atomic mass is 9.92. The van der Waals surface area contributed by atoms with Crippen LogP contribution in [0.15, 0.2) is 0 Å². The van der Waals surface area contributed by atoms with Crippen LogP contribution in [0.1, 0.15) is 65.7 Å². The number of nitrogens with zero attached hydrogens (tertiary/aromatic N) is 4. The molecule has 3 aliphatic rings. The monoisotopic (exact) mass is 392 g/mol. The molecule has 3 aliphatic heterocycles. The first-order valence-corrected chi connectivity index (χ1v) is 12.1. The van der Waals surface area contributed by atoms with E-state index in [1.54, 1.807) is 0 Å². The lowest BCUT2D eigenvalue weighted by Gasteiger charge is -2.39. The molecule has 0 aromatic carbocycles. The summed E-state index contributed by atoms with van der Waals surface area (Å²) in [7, 11) is 0. The van der Waals surface area contributed by atoms with Gasteiger partial charge in [0.15, 0.2) is 0 Å². The van der Waals surface area contributed by atoms with Gasteiger partial charge in [0.05, 0.1) is 0 Å². The number of piperidine rings is 2. The van der Waals surface area contributed by atoms with Crippen molar-refractivity contribution in [3.8, 4) is 0 Å². The number of carbonyl (C=O) groups is 1. The van der Waals surface area contributed by atoms with E-state index in [1.165, 1.54) is 77.7 Å². The van der Waals surface area contributed by atoms with Crippen molar-refractivity contribution in [2.75, 3.05) is 58.9 Å². The summed E-state index contributed by atoms with van der Waals surface area (Å²) in [5.74, 6) is 1.66. The van der Waals surface area contributed by atoms with Gasteiger partial charge in [-0.2, -0.15) is 0 Å². The zero-order valence-corrected chi connectivity index (χ0v) is 18.7. The first kappa shape index (κ1) is 21.9. The minimum absolute atomic E-state index is 0.316. The average molecular weight is 393 g/mol. The number of piperazine rings is 1. The Labute approximate surface area is 173 Å². The van der Waals surface area contributed by atoms with Gasteiger partial charge in [0, 0.05) is 58.4 Å². The minimum atomic E-state index is 0.316. The first-order valence-electron chi connectivity index (χ1n) is 12.1. The second-order valence-electron chi connectivity index (χ2n) is 9.67. The predicted molar refractivity (Wildman–Crippen MR) is 117 cm³/mol. The van der Waals surface area contributed by atoms with E-state index in [2.05, 4.69) is 40.4 Å². The Hall–Kier alpha value is -0.810. The molecule has 2 amide bonds. The molecule has 0 spiro atoms. The standard InChI is InChI=1S/C23H44N4O/c1-4-21-7-12-26(13-8-21)23(28)27-14-9-22(10-15-27)6-5-11-24-16-18-25(19-17-24)20(2)3/h20-22H,4-19H2,1-3H3. The molecule has 28 heavy (non-hydrogen) atoms. The van der Waals surface area contributed by atoms with E-state index in [1.807, 2.05) is 0 Å². The number of likely N-dealkylation sites (tertiary alicyclic amines) is 2. The topological polar surface area (TPSA) is 30.0 Å². The SMILES string of the molecule is CCC1CCN(C(=O)N2CCC(CCCN3CCN(C(C)C)CC3)CC2)CC1. The maximum absolute atomic E-state index is 12.8. The highest BCUT2D eigenvalue weighted by molar-refractivity contribution is 5.74. The molecular weight excluding hydrogens is 348 g/mol. The molecular formula is C23H44N4O. The van der Waals surface area contributed by atoms with Crippen molar-refractivity contribution < 1.29 is 4.79 Å². The zero-order valence-electron chi connectivity index (χ0n) is 18.7. The van der Waals surface area contributed by atoms with Crippen LogP contribution in [-0.2, 0) is 0 Å². The zero-order chi connectivity index (χ0) is 19.9. The van der Waals surface area contributed by atoms with Crippen LogP contribution >= 0.6 is 0 Å². The van der Waals surface area contributed by atoms with Gasteiger partial charge in [0.25, 0.3) is 0 Å². The first-order chi connectivity index (χ1) is 13.6. The molecule has 0 saturated carbocycles. The van der Waals surface area contributed by atoms with Gasteiger partial charge in [-0.1, -0.05) is 13.3 Å². The largest absolute Gasteiger partial charge is 0.325 e. The van der Waals surface area contributed by atoms with E-state index < -0.39 is 0 Å². The Bertz CT molecular complexity index is 459. The van der Waals surface area contributed by atoms with Crippen LogP contribution in [0.5, 0.6) is 0 Å². The quantitative estimate of drug-likeness (QED) is 0.690. The van der Waals surface area contributed by atoms with Crippen molar-refractivity contribution in [2.24, 2.45) is 11.8 Å². The second kappa shape index (κ2) is 10.8. The molecule has 3 saturated heterocycles. The minimum Gasteiger partial charge on any atom is -0.325 e. The van der Waals surface area contributed by atoms with E-state index in [0.29, 0.717) is 12.1 Å². The number of hydrogen-bond acceptors (Lipinski definition) is 3. The van der Waals surface area contributed by atoms with Crippen LogP contribution in [0.2, 0.25) is 0 Å². The summed E-state index contributed by atoms with van der Waals surface area (Å²) in [6.07, 6.45) is 8.74. The molecule has 3 rings (SSSR count). The fourth-order valence-electron chi connectivity index (χ4n) is 5.25. The molecule has 0 aromatic rings. The van der Waals surface area contributed by atoms with Crippen molar-refractivity contribution in [3.05, 3.63) is 0 Å². The predicted octanol–water partition coefficient (Wildman–Crippen LogP) is 3.75. The normalized spacial score (nSPS) is 24.3. The third-order valence-corrected chi connectivity index (χ3v) is 7.57. The highest BCUT2D eigenvalue weighted by Crippen LogP contribution is 2.25. The lowest BCUT2D eigenvalue weighted by Crippen LogP contribution is -2.49. The molecule has 0 radical (unpaired) electrons. The second-order valence-corrected chi connectivity index (χ2v) is 9.67. The Morgan fingerprint density at radius 3 is 1.86 bits per heavy atom. The van der Waals surface area contributed by atoms with E-state index in [0.717, 1.165) is 38.0 Å². The molecule has 0 aromatic heterocycles. The van der Waals surface area contributed by atoms with Crippen LogP contribution in [0.3, 0.4) is 0 Å². The van der Waals surface area contributed by atoms with Gasteiger partial charge in [-0.25, -0.2) is 4.79 Å². The molecule has 162 valence electrons. The van der Waals surface area contributed by atoms with Gasteiger partial charge in [-0.3, -0.25) is 4.90 Å². The molecule has 0 unspecified atom stereocenters. The third-order valence-electron chi connectivity index (χ3n) is 7.57. The summed E-state index contributed by atoms with van der Waals surface area (Å²) in [5.41, 5.74) is 0. The van der Waals surface area contributed by atoms with Crippen LogP contribution in [0.4, 0.5) is 4.79 Å². The Morgan fingerprint density at radius 2 is 1.36 bits per heavy atom. The van der Waals surface area contributed by atoms with Crippen molar-refractivity contribution in [1.29, 1.82) is 0 Å². The van der Waals surface area contributed by atoms with E-state index in [9.17, 15) is 4.79 Å². The summed E-state index contributed by atoms with van der Waals surface area (Å²) < 4.78 is 0. The molecule has 5 nitrogen and oxygen atoms in total. The van der Waals surface area contributed by atoms with Crippen molar-refractivity contribution in [2.45, 2.75) is 71.8 Å². The van der Waals surface area contributed by atoms with E-state index in [4.69, 9.17) is 0 Å². The van der Waals surface area contributed by atoms with Crippen molar-refractivity contribution in [1.82, 2.24) is 19.6 Å². The smallest absolute Gasteiger partial charge is 0.319 e. The summed E-state index contributed by atoms with van der Waals surface area (Å²) in [5, 5.41) is 0. The average Bonchev–Trinajstić information content (AvgIpc) is 2.74. The van der Waals surface area contributed by atoms with Crippen LogP contribution in [0, 0.1) is 11.8 Å². The van der Waals surface area contributed by atoms with Gasteiger partial charge >= 0.3 is 6.03 Å². The Morgan fingerprint density at radius 1 is 0.821 bits per heavy atom. The Balaban J connectivity index is 1.28. The third kappa shape index (κ3) is 6.09. The van der Waals surface area contributed by atoms with Gasteiger partial charge in [0.1, 0.15) is 0 Å². The van der Waals surface area contributed by atoms with E-state index in [-0.39, 0.29) is 0 Å². The number of amides is 2. The van der Waals surface area contributed by atoms with Crippen LogP contribution in [-0.4, -0.2) is 90.6 Å². The number of carbonyl (C=O) groups excluding carboxylic acids is 1.